The molecule has 182 valence electrons. The summed E-state index contributed by atoms with van der Waals surface area (Å²) in [5, 5.41) is 12.6. The summed E-state index contributed by atoms with van der Waals surface area (Å²) in [6.45, 7) is 7.50. The number of hydrogen-bond acceptors (Lipinski definition) is 5. The molecule has 2 amide bonds. The van der Waals surface area contributed by atoms with Crippen molar-refractivity contribution in [3.05, 3.63) is 23.8 Å². The number of likely N-dealkylation sites (N-methyl/N-ethyl adjacent to an activating group) is 1. The molecule has 0 unspecified atom stereocenters. The lowest BCUT2D eigenvalue weighted by molar-refractivity contribution is 0.0809. The molecule has 0 radical (unpaired) electrons. The maximum absolute atomic E-state index is 13.5. The molecule has 9 heteroatoms. The SMILES string of the molecule is CC(C)NC(=O)N(C)C[C@H]1Oc2cc(C#CC3CC3)ccc2S(=O)(=O)N([C@H](C)CO)C[C@@H]1C. The smallest absolute Gasteiger partial charge is 0.317 e. The molecule has 2 aliphatic rings. The Morgan fingerprint density at radius 3 is 2.64 bits per heavy atom. The summed E-state index contributed by atoms with van der Waals surface area (Å²) >= 11 is 0. The largest absolute Gasteiger partial charge is 0.487 e. The summed E-state index contributed by atoms with van der Waals surface area (Å²) in [4.78, 5) is 14.1. The Bertz CT molecular complexity index is 1030. The predicted molar refractivity (Wildman–Crippen MR) is 126 cm³/mol. The number of sulfonamides is 1. The van der Waals surface area contributed by atoms with E-state index in [-0.39, 0.29) is 48.3 Å². The van der Waals surface area contributed by atoms with E-state index in [9.17, 15) is 18.3 Å². The van der Waals surface area contributed by atoms with Crippen LogP contribution in [0.1, 0.15) is 46.1 Å². The Labute approximate surface area is 197 Å². The van der Waals surface area contributed by atoms with Crippen molar-refractivity contribution in [2.75, 3.05) is 26.7 Å². The Balaban J connectivity index is 1.99. The summed E-state index contributed by atoms with van der Waals surface area (Å²) in [5.41, 5.74) is 0.690. The topological polar surface area (TPSA) is 99.2 Å². The number of hydrogen-bond donors (Lipinski definition) is 2. The van der Waals surface area contributed by atoms with Gasteiger partial charge < -0.3 is 20.1 Å². The summed E-state index contributed by atoms with van der Waals surface area (Å²) in [7, 11) is -2.21. The number of rotatable bonds is 5. The zero-order chi connectivity index (χ0) is 24.3. The van der Waals surface area contributed by atoms with Gasteiger partial charge in [0.05, 0.1) is 13.2 Å². The second kappa shape index (κ2) is 10.3. The zero-order valence-electron chi connectivity index (χ0n) is 20.0. The molecule has 2 N–H and O–H groups in total. The molecule has 0 saturated heterocycles. The Morgan fingerprint density at radius 2 is 2.03 bits per heavy atom. The molecule has 1 aromatic carbocycles. The van der Waals surface area contributed by atoms with E-state index in [1.54, 1.807) is 31.0 Å². The predicted octanol–water partition coefficient (Wildman–Crippen LogP) is 2.27. The molecule has 1 heterocycles. The molecule has 1 aliphatic carbocycles. The lowest BCUT2D eigenvalue weighted by atomic mass is 10.0. The molecular weight excluding hydrogens is 442 g/mol. The van der Waals surface area contributed by atoms with Crippen LogP contribution in [0.15, 0.2) is 23.1 Å². The fourth-order valence-corrected chi connectivity index (χ4v) is 5.47. The van der Waals surface area contributed by atoms with Crippen LogP contribution in [0.5, 0.6) is 5.75 Å². The van der Waals surface area contributed by atoms with Crippen LogP contribution in [-0.2, 0) is 10.0 Å². The van der Waals surface area contributed by atoms with Gasteiger partial charge >= 0.3 is 6.03 Å². The third kappa shape index (κ3) is 6.19. The van der Waals surface area contributed by atoms with E-state index >= 15 is 0 Å². The average molecular weight is 478 g/mol. The molecule has 33 heavy (non-hydrogen) atoms. The van der Waals surface area contributed by atoms with Crippen LogP contribution in [0.2, 0.25) is 0 Å². The average Bonchev–Trinajstić information content (AvgIpc) is 3.58. The minimum atomic E-state index is -3.90. The fraction of sp³-hybridized carbons (Fsp3) is 0.625. The van der Waals surface area contributed by atoms with Gasteiger partial charge in [0.25, 0.3) is 0 Å². The number of carbonyl (C=O) groups excluding carboxylic acids is 1. The van der Waals surface area contributed by atoms with Crippen molar-refractivity contribution in [1.82, 2.24) is 14.5 Å². The first-order valence-corrected chi connectivity index (χ1v) is 12.9. The molecule has 1 aliphatic heterocycles. The molecule has 1 aromatic rings. The molecule has 3 rings (SSSR count). The second-order valence-corrected chi connectivity index (χ2v) is 11.3. The van der Waals surface area contributed by atoms with Gasteiger partial charge in [-0.1, -0.05) is 18.8 Å². The number of ether oxygens (including phenoxy) is 1. The number of nitrogens with one attached hydrogen (secondary N) is 1. The number of urea groups is 1. The highest BCUT2D eigenvalue weighted by Gasteiger charge is 2.38. The van der Waals surface area contributed by atoms with Crippen molar-refractivity contribution in [3.8, 4) is 17.6 Å². The number of aliphatic hydroxyl groups is 1. The maximum Gasteiger partial charge on any atom is 0.317 e. The first kappa shape index (κ1) is 25.3. The first-order valence-electron chi connectivity index (χ1n) is 11.5. The molecule has 3 atom stereocenters. The highest BCUT2D eigenvalue weighted by Crippen LogP contribution is 2.34. The van der Waals surface area contributed by atoms with Crippen molar-refractivity contribution in [2.24, 2.45) is 11.8 Å². The Morgan fingerprint density at radius 1 is 1.33 bits per heavy atom. The van der Waals surface area contributed by atoms with E-state index in [1.165, 1.54) is 10.4 Å². The monoisotopic (exact) mass is 477 g/mol. The summed E-state index contributed by atoms with van der Waals surface area (Å²) < 4.78 is 34.6. The van der Waals surface area contributed by atoms with Gasteiger partial charge in [-0.2, -0.15) is 4.31 Å². The Hall–Kier alpha value is -2.28. The third-order valence-corrected chi connectivity index (χ3v) is 7.90. The van der Waals surface area contributed by atoms with Crippen LogP contribution in [0.4, 0.5) is 4.79 Å². The van der Waals surface area contributed by atoms with Crippen LogP contribution in [0.3, 0.4) is 0 Å². The van der Waals surface area contributed by atoms with Gasteiger partial charge in [0.2, 0.25) is 10.0 Å². The fourth-order valence-electron chi connectivity index (χ4n) is 3.64. The normalized spacial score (nSPS) is 23.2. The van der Waals surface area contributed by atoms with Crippen molar-refractivity contribution in [3.63, 3.8) is 0 Å². The van der Waals surface area contributed by atoms with Crippen molar-refractivity contribution in [2.45, 2.75) is 63.6 Å². The summed E-state index contributed by atoms with van der Waals surface area (Å²) in [6.07, 6.45) is 1.74. The highest BCUT2D eigenvalue weighted by molar-refractivity contribution is 7.89. The van der Waals surface area contributed by atoms with Gasteiger partial charge in [-0.15, -0.1) is 0 Å². The quantitative estimate of drug-likeness (QED) is 0.634. The Kier molecular flexibility index (Phi) is 7.93. The number of amides is 2. The van der Waals surface area contributed by atoms with Gasteiger partial charge in [0, 0.05) is 43.1 Å². The number of nitrogens with zero attached hydrogens (tertiary/aromatic N) is 2. The van der Waals surface area contributed by atoms with Crippen LogP contribution in [0.25, 0.3) is 0 Å². The molecule has 8 nitrogen and oxygen atoms in total. The van der Waals surface area contributed by atoms with Crippen molar-refractivity contribution >= 4 is 16.1 Å². The second-order valence-electron chi connectivity index (χ2n) is 9.43. The van der Waals surface area contributed by atoms with Crippen LogP contribution in [0, 0.1) is 23.7 Å². The van der Waals surface area contributed by atoms with E-state index in [0.717, 1.165) is 12.8 Å². The van der Waals surface area contributed by atoms with Gasteiger partial charge in [0.1, 0.15) is 16.7 Å². The lowest BCUT2D eigenvalue weighted by Crippen LogP contribution is -2.51. The van der Waals surface area contributed by atoms with Crippen LogP contribution < -0.4 is 10.1 Å². The third-order valence-electron chi connectivity index (χ3n) is 5.88. The van der Waals surface area contributed by atoms with Crippen LogP contribution >= 0.6 is 0 Å². The first-order chi connectivity index (χ1) is 15.5. The molecule has 1 saturated carbocycles. The molecule has 0 spiro atoms. The van der Waals surface area contributed by atoms with Gasteiger partial charge in [0.15, 0.2) is 0 Å². The number of benzene rings is 1. The van der Waals surface area contributed by atoms with E-state index in [1.807, 2.05) is 20.8 Å². The van der Waals surface area contributed by atoms with E-state index in [2.05, 4.69) is 17.2 Å². The van der Waals surface area contributed by atoms with Crippen molar-refractivity contribution < 1.29 is 23.1 Å². The van der Waals surface area contributed by atoms with Gasteiger partial charge in [-0.05, 0) is 51.8 Å². The standard InChI is InChI=1S/C24H35N3O5S/c1-16(2)25-24(29)26(5)14-22-17(3)13-27(18(4)15-28)33(30,31)23-11-10-20(12-21(23)32-22)9-8-19-6-7-19/h10-12,16-19,22,28H,6-7,13-15H2,1-5H3,(H,25,29)/t17-,18+,22+/m0/s1. The number of fused-ring (bicyclic) bond motifs is 1. The highest BCUT2D eigenvalue weighted by atomic mass is 32.2. The van der Waals surface area contributed by atoms with E-state index in [0.29, 0.717) is 11.5 Å². The minimum absolute atomic E-state index is 0.00464. The molecule has 1 fully saturated rings. The number of carbonyl (C=O) groups is 1. The molecule has 0 bridgehead atoms. The molecule has 0 aromatic heterocycles. The summed E-state index contributed by atoms with van der Waals surface area (Å²) in [5.74, 6) is 6.71. The van der Waals surface area contributed by atoms with Crippen LogP contribution in [-0.4, -0.2) is 73.7 Å². The lowest BCUT2D eigenvalue weighted by Gasteiger charge is -2.37. The molecular formula is C24H35N3O5S. The van der Waals surface area contributed by atoms with E-state index in [4.69, 9.17) is 4.74 Å². The minimum Gasteiger partial charge on any atom is -0.487 e. The summed E-state index contributed by atoms with van der Waals surface area (Å²) in [6, 6.07) is 4.07. The van der Waals surface area contributed by atoms with Crippen molar-refractivity contribution in [1.29, 1.82) is 0 Å². The zero-order valence-corrected chi connectivity index (χ0v) is 20.9. The maximum atomic E-state index is 13.5. The number of aliphatic hydroxyl groups excluding tert-OH is 1. The van der Waals surface area contributed by atoms with E-state index < -0.39 is 22.2 Å². The van der Waals surface area contributed by atoms with Gasteiger partial charge in [-0.25, -0.2) is 13.2 Å². The van der Waals surface area contributed by atoms with Gasteiger partial charge in [-0.3, -0.25) is 0 Å².